The van der Waals surface area contributed by atoms with E-state index in [1.165, 1.54) is 0 Å². The summed E-state index contributed by atoms with van der Waals surface area (Å²) in [6, 6.07) is 18.7. The number of carbonyl (C=O) groups is 2. The van der Waals surface area contributed by atoms with Crippen molar-refractivity contribution >= 4 is 43.0 Å². The SMILES string of the molecule is Cc1ncsc1-c1ccc([C@H](C)NC(=O)[C@@H]2CC(O[Si](C)(C)C(C)(C)C)CN2C(=O)[C@@H](c2cc(OCCN3CCC(CN4CCN5c6cc(-c7ccccc7O)nnc6NCC5C4)CC3)no2)C(C)C)cc1. The van der Waals surface area contributed by atoms with E-state index in [0.29, 0.717) is 54.4 Å². The summed E-state index contributed by atoms with van der Waals surface area (Å²) in [6.07, 6.45) is 2.41. The number of fused-ring (bicyclic) bond motifs is 3. The van der Waals surface area contributed by atoms with Crippen LogP contribution in [0.1, 0.15) is 89.8 Å². The van der Waals surface area contributed by atoms with Crippen LogP contribution in [0.4, 0.5) is 11.5 Å². The number of rotatable bonds is 16. The number of phenolic OH excluding ortho intramolecular Hbond substituents is 1. The van der Waals surface area contributed by atoms with Gasteiger partial charge in [-0.2, -0.15) is 0 Å². The summed E-state index contributed by atoms with van der Waals surface area (Å²) in [5.74, 6) is 1.26. The van der Waals surface area contributed by atoms with Gasteiger partial charge in [0.15, 0.2) is 19.9 Å². The van der Waals surface area contributed by atoms with Crippen LogP contribution in [-0.4, -0.2) is 144 Å². The third-order valence-corrected chi connectivity index (χ3v) is 21.4. The number of phenols is 1. The van der Waals surface area contributed by atoms with Crippen LogP contribution in [0.2, 0.25) is 18.1 Å². The molecule has 9 rings (SSSR count). The number of aryl methyl sites for hydroxylation is 1. The Bertz CT molecular complexity index is 2660. The van der Waals surface area contributed by atoms with Gasteiger partial charge in [-0.15, -0.1) is 21.5 Å². The number of benzene rings is 2. The number of thiazole rings is 1. The average molecular weight is 1020 g/mol. The van der Waals surface area contributed by atoms with E-state index in [4.69, 9.17) is 13.7 Å². The highest BCUT2D eigenvalue weighted by Gasteiger charge is 2.48. The molecule has 72 heavy (non-hydrogen) atoms. The van der Waals surface area contributed by atoms with Crippen molar-refractivity contribution < 1.29 is 28.4 Å². The number of nitrogens with one attached hydrogen (secondary N) is 2. The molecule has 5 aromatic rings. The van der Waals surface area contributed by atoms with E-state index in [2.05, 4.69) is 97.7 Å². The monoisotopic (exact) mass is 1020 g/mol. The van der Waals surface area contributed by atoms with Gasteiger partial charge < -0.3 is 39.2 Å². The highest BCUT2D eigenvalue weighted by Crippen LogP contribution is 2.41. The number of hydrogen-bond acceptors (Lipinski definition) is 15. The number of ether oxygens (including phenoxy) is 1. The minimum atomic E-state index is -2.22. The molecule has 0 aliphatic carbocycles. The highest BCUT2D eigenvalue weighted by molar-refractivity contribution is 7.13. The first-order chi connectivity index (χ1) is 34.4. The summed E-state index contributed by atoms with van der Waals surface area (Å²) >= 11 is 1.61. The van der Waals surface area contributed by atoms with Crippen molar-refractivity contribution in [2.45, 2.75) is 116 Å². The second-order valence-corrected chi connectivity index (χ2v) is 27.9. The number of aromatic hydroxyl groups is 1. The van der Waals surface area contributed by atoms with E-state index >= 15 is 0 Å². The molecule has 0 saturated carbocycles. The first kappa shape index (κ1) is 51.5. The Kier molecular flexibility index (Phi) is 15.4. The number of amides is 2. The number of hydrogen-bond donors (Lipinski definition) is 3. The van der Waals surface area contributed by atoms with Crippen LogP contribution in [0.5, 0.6) is 11.6 Å². The lowest BCUT2D eigenvalue weighted by Crippen LogP contribution is -2.58. The van der Waals surface area contributed by atoms with Crippen molar-refractivity contribution in [3.8, 4) is 33.3 Å². The molecule has 16 nitrogen and oxygen atoms in total. The average Bonchev–Trinajstić information content (AvgIpc) is 4.12. The quantitative estimate of drug-likeness (QED) is 0.0802. The number of para-hydroxylation sites is 1. The van der Waals surface area contributed by atoms with Crippen molar-refractivity contribution in [2.75, 3.05) is 75.7 Å². The topological polar surface area (TPSA) is 175 Å². The van der Waals surface area contributed by atoms with Crippen LogP contribution in [0, 0.1) is 18.8 Å². The lowest BCUT2D eigenvalue weighted by molar-refractivity contribution is -0.141. The Balaban J connectivity index is 0.768. The number of anilines is 2. The number of aromatic nitrogens is 4. The first-order valence-corrected chi connectivity index (χ1v) is 29.7. The molecule has 0 radical (unpaired) electrons. The zero-order valence-corrected chi connectivity index (χ0v) is 45.4. The van der Waals surface area contributed by atoms with E-state index in [-0.39, 0.29) is 40.7 Å². The number of piperazine rings is 1. The molecule has 18 heteroatoms. The summed E-state index contributed by atoms with van der Waals surface area (Å²) < 4.78 is 19.0. The van der Waals surface area contributed by atoms with Gasteiger partial charge in [0.25, 0.3) is 5.88 Å². The summed E-state index contributed by atoms with van der Waals surface area (Å²) in [7, 11) is -2.22. The molecule has 3 N–H and O–H groups in total. The lowest BCUT2D eigenvalue weighted by Gasteiger charge is -2.47. The van der Waals surface area contributed by atoms with Gasteiger partial charge in [-0.1, -0.05) is 71.0 Å². The smallest absolute Gasteiger partial charge is 0.254 e. The molecule has 5 atom stereocenters. The van der Waals surface area contributed by atoms with Crippen LogP contribution < -0.4 is 20.3 Å². The van der Waals surface area contributed by atoms with Crippen LogP contribution in [0.3, 0.4) is 0 Å². The lowest BCUT2D eigenvalue weighted by atomic mass is 9.91. The third-order valence-electron chi connectivity index (χ3n) is 15.9. The molecule has 4 aliphatic rings. The maximum Gasteiger partial charge on any atom is 0.254 e. The molecule has 7 heterocycles. The Hall–Kier alpha value is -5.40. The predicted octanol–water partition coefficient (Wildman–Crippen LogP) is 8.58. The standard InChI is InChI=1S/C54H74N10O6SSi/c1-34(2)49(53(67)64-32-41(70-72(8,9)54(5,6)7)26-45(64)52(66)57-35(3)38-14-16-39(17-15-38)50-36(4)56-33-71-50)47-28-48(60-69-47)68-25-24-61-20-18-37(19-21-61)30-62-22-23-63-40(31-62)29-55-51-44(63)27-43(58-59-51)42-12-10-11-13-46(42)65/h10-17,27-28,33-35,37,40-41,45,49,65H,18-26,29-32H2,1-9H3,(H,55,59)(H,57,66)/t35-,40?,41?,45-,49+/m0/s1. The number of carbonyl (C=O) groups excluding carboxylic acids is 2. The summed E-state index contributed by atoms with van der Waals surface area (Å²) in [4.78, 5) is 44.0. The molecule has 3 fully saturated rings. The highest BCUT2D eigenvalue weighted by atomic mass is 32.1. The second kappa shape index (κ2) is 21.6. The van der Waals surface area contributed by atoms with E-state index in [9.17, 15) is 14.7 Å². The minimum Gasteiger partial charge on any atom is -0.507 e. The maximum absolute atomic E-state index is 14.8. The minimum absolute atomic E-state index is 0.0351. The van der Waals surface area contributed by atoms with Gasteiger partial charge in [0, 0.05) is 63.9 Å². The van der Waals surface area contributed by atoms with Crippen molar-refractivity contribution in [3.63, 3.8) is 0 Å². The fourth-order valence-electron chi connectivity index (χ4n) is 10.6. The van der Waals surface area contributed by atoms with Gasteiger partial charge in [0.2, 0.25) is 11.8 Å². The van der Waals surface area contributed by atoms with Crippen LogP contribution in [-0.2, 0) is 14.0 Å². The predicted molar refractivity (Wildman–Crippen MR) is 285 cm³/mol. The van der Waals surface area contributed by atoms with Crippen LogP contribution in [0.25, 0.3) is 21.7 Å². The second-order valence-electron chi connectivity index (χ2n) is 22.3. The van der Waals surface area contributed by atoms with E-state index < -0.39 is 20.3 Å². The molecular weight excluding hydrogens is 945 g/mol. The van der Waals surface area contributed by atoms with Crippen LogP contribution >= 0.6 is 11.3 Å². The van der Waals surface area contributed by atoms with Gasteiger partial charge in [-0.25, -0.2) is 4.98 Å². The van der Waals surface area contributed by atoms with Gasteiger partial charge in [0.05, 0.1) is 45.7 Å². The van der Waals surface area contributed by atoms with E-state index in [1.54, 1.807) is 28.4 Å². The number of likely N-dealkylation sites (tertiary alicyclic amines) is 2. The largest absolute Gasteiger partial charge is 0.507 e. The molecule has 4 aliphatic heterocycles. The van der Waals surface area contributed by atoms with Gasteiger partial charge in [-0.05, 0) is 104 Å². The summed E-state index contributed by atoms with van der Waals surface area (Å²) in [5, 5.41) is 30.3. The normalized spacial score (nSPS) is 21.0. The molecule has 2 aromatic carbocycles. The number of nitrogens with zero attached hydrogens (tertiary/aromatic N) is 8. The van der Waals surface area contributed by atoms with Crippen molar-refractivity contribution in [3.05, 3.63) is 83.2 Å². The van der Waals surface area contributed by atoms with E-state index in [1.807, 2.05) is 63.5 Å². The zero-order valence-electron chi connectivity index (χ0n) is 43.6. The maximum atomic E-state index is 14.8. The van der Waals surface area contributed by atoms with Crippen molar-refractivity contribution in [2.24, 2.45) is 11.8 Å². The molecule has 3 aromatic heterocycles. The first-order valence-electron chi connectivity index (χ1n) is 25.9. The Morgan fingerprint density at radius 3 is 2.46 bits per heavy atom. The fraction of sp³-hybridized carbons (Fsp3) is 0.556. The van der Waals surface area contributed by atoms with Gasteiger partial charge in [0.1, 0.15) is 24.3 Å². The fourth-order valence-corrected chi connectivity index (χ4v) is 12.8. The van der Waals surface area contributed by atoms with Crippen LogP contribution in [0.15, 0.2) is 70.7 Å². The van der Waals surface area contributed by atoms with Crippen molar-refractivity contribution in [1.82, 2.24) is 40.4 Å². The molecule has 0 bridgehead atoms. The molecule has 2 amide bonds. The van der Waals surface area contributed by atoms with Crippen molar-refractivity contribution in [1.29, 1.82) is 0 Å². The summed E-state index contributed by atoms with van der Waals surface area (Å²) in [6.45, 7) is 27.4. The number of piperidine rings is 1. The molecule has 386 valence electrons. The van der Waals surface area contributed by atoms with Gasteiger partial charge in [-0.3, -0.25) is 19.4 Å². The Labute approximate surface area is 430 Å². The third kappa shape index (κ3) is 11.4. The molecular formula is C54H74N10O6SSi. The van der Waals surface area contributed by atoms with Gasteiger partial charge >= 0.3 is 0 Å². The molecule has 3 saturated heterocycles. The van der Waals surface area contributed by atoms with E-state index in [0.717, 1.165) is 98.4 Å². The molecule has 2 unspecified atom stereocenters. The molecule has 0 spiro atoms. The summed E-state index contributed by atoms with van der Waals surface area (Å²) in [5.41, 5.74) is 7.34. The Morgan fingerprint density at radius 2 is 1.75 bits per heavy atom. The Morgan fingerprint density at radius 1 is 0.986 bits per heavy atom. The zero-order chi connectivity index (χ0) is 50.9.